The van der Waals surface area contributed by atoms with E-state index in [9.17, 15) is 0 Å². The number of hydrogen-bond acceptors (Lipinski definition) is 2. The first-order chi connectivity index (χ1) is 5.86. The molecule has 0 aromatic carbocycles. The number of rotatable bonds is 0. The van der Waals surface area contributed by atoms with Crippen LogP contribution in [0.2, 0.25) is 0 Å². The molecule has 0 radical (unpaired) electrons. The summed E-state index contributed by atoms with van der Waals surface area (Å²) < 4.78 is 5.32. The highest BCUT2D eigenvalue weighted by Gasteiger charge is 2.11. The Hall–Kier alpha value is -0.340. The van der Waals surface area contributed by atoms with E-state index in [1.165, 1.54) is 15.3 Å². The topological polar surface area (TPSA) is 9.23 Å². The third kappa shape index (κ3) is 2.08. The van der Waals surface area contributed by atoms with Crippen molar-refractivity contribution in [3.05, 3.63) is 21.4 Å². The third-order valence-corrected chi connectivity index (χ3v) is 2.90. The Balaban J connectivity index is 0.000000336. The van der Waals surface area contributed by atoms with E-state index in [2.05, 4.69) is 13.0 Å². The Morgan fingerprint density at radius 1 is 1.42 bits per heavy atom. The molecule has 2 rings (SSSR count). The van der Waals surface area contributed by atoms with E-state index in [1.807, 2.05) is 25.2 Å². The predicted octanol–water partition coefficient (Wildman–Crippen LogP) is 3.16. The fourth-order valence-corrected chi connectivity index (χ4v) is 2.32. The van der Waals surface area contributed by atoms with Gasteiger partial charge in [-0.05, 0) is 18.6 Å². The van der Waals surface area contributed by atoms with Gasteiger partial charge in [-0.15, -0.1) is 11.3 Å². The maximum absolute atomic E-state index is 5.32. The van der Waals surface area contributed by atoms with Crippen molar-refractivity contribution in [1.82, 2.24) is 0 Å². The second-order valence-electron chi connectivity index (χ2n) is 2.61. The van der Waals surface area contributed by atoms with Gasteiger partial charge in [-0.3, -0.25) is 0 Å². The lowest BCUT2D eigenvalue weighted by Gasteiger charge is -2.10. The molecule has 0 saturated heterocycles. The second-order valence-corrected chi connectivity index (χ2v) is 3.95. The van der Waals surface area contributed by atoms with Gasteiger partial charge in [0.05, 0.1) is 13.2 Å². The summed E-state index contributed by atoms with van der Waals surface area (Å²) in [6.07, 6.45) is 1.12. The van der Waals surface area contributed by atoms with Gasteiger partial charge in [0.1, 0.15) is 0 Å². The van der Waals surface area contributed by atoms with Gasteiger partial charge in [0.25, 0.3) is 0 Å². The summed E-state index contributed by atoms with van der Waals surface area (Å²) >= 11 is 1.91. The first kappa shape index (κ1) is 9.75. The molecular formula is C10H16OS. The lowest BCUT2D eigenvalue weighted by molar-refractivity contribution is 0.112. The summed E-state index contributed by atoms with van der Waals surface area (Å²) in [7, 11) is 0. The number of fused-ring (bicyclic) bond motifs is 1. The molecule has 0 bridgehead atoms. The van der Waals surface area contributed by atoms with Crippen molar-refractivity contribution in [2.24, 2.45) is 0 Å². The Kier molecular flexibility index (Phi) is 3.76. The highest BCUT2D eigenvalue weighted by atomic mass is 32.1. The Labute approximate surface area is 78.4 Å². The lowest BCUT2D eigenvalue weighted by atomic mass is 10.2. The van der Waals surface area contributed by atoms with Crippen LogP contribution in [-0.2, 0) is 17.8 Å². The minimum Gasteiger partial charge on any atom is -0.376 e. The highest BCUT2D eigenvalue weighted by molar-refractivity contribution is 7.12. The molecule has 0 saturated carbocycles. The standard InChI is InChI=1S/C8H10OS.C2H6/c1-6-4-7-5-9-3-2-8(7)10-6;1-2/h4H,2-3,5H2,1H3;1-2H3. The molecule has 0 unspecified atom stereocenters. The SMILES string of the molecule is CC.Cc1cc2c(s1)CCOC2. The molecule has 68 valence electrons. The molecule has 12 heavy (non-hydrogen) atoms. The van der Waals surface area contributed by atoms with Crippen LogP contribution < -0.4 is 0 Å². The molecule has 0 fully saturated rings. The zero-order chi connectivity index (χ0) is 8.97. The third-order valence-electron chi connectivity index (χ3n) is 1.75. The van der Waals surface area contributed by atoms with Gasteiger partial charge < -0.3 is 4.74 Å². The van der Waals surface area contributed by atoms with Gasteiger partial charge in [-0.2, -0.15) is 0 Å². The van der Waals surface area contributed by atoms with Crippen LogP contribution in [0.1, 0.15) is 29.2 Å². The largest absolute Gasteiger partial charge is 0.376 e. The predicted molar refractivity (Wildman–Crippen MR) is 53.8 cm³/mol. The molecule has 0 aliphatic carbocycles. The zero-order valence-corrected chi connectivity index (χ0v) is 8.83. The molecule has 1 aromatic rings. The molecule has 0 spiro atoms. The zero-order valence-electron chi connectivity index (χ0n) is 8.02. The van der Waals surface area contributed by atoms with Crippen LogP contribution in [0.15, 0.2) is 6.07 Å². The van der Waals surface area contributed by atoms with Crippen LogP contribution in [0.5, 0.6) is 0 Å². The average Bonchev–Trinajstić information content (AvgIpc) is 2.48. The van der Waals surface area contributed by atoms with Crippen LogP contribution >= 0.6 is 11.3 Å². The molecule has 2 heteroatoms. The summed E-state index contributed by atoms with van der Waals surface area (Å²) in [5.41, 5.74) is 1.41. The van der Waals surface area contributed by atoms with E-state index in [-0.39, 0.29) is 0 Å². The van der Waals surface area contributed by atoms with Crippen LogP contribution in [0.25, 0.3) is 0 Å². The number of aryl methyl sites for hydroxylation is 1. The summed E-state index contributed by atoms with van der Waals surface area (Å²) in [6, 6.07) is 2.24. The minimum absolute atomic E-state index is 0.833. The molecule has 0 amide bonds. The van der Waals surface area contributed by atoms with Crippen molar-refractivity contribution in [3.63, 3.8) is 0 Å². The van der Waals surface area contributed by atoms with Crippen molar-refractivity contribution in [3.8, 4) is 0 Å². The van der Waals surface area contributed by atoms with Crippen molar-refractivity contribution >= 4 is 11.3 Å². The fraction of sp³-hybridized carbons (Fsp3) is 0.600. The molecule has 2 heterocycles. The van der Waals surface area contributed by atoms with E-state index in [0.29, 0.717) is 0 Å². The Morgan fingerprint density at radius 2 is 2.17 bits per heavy atom. The summed E-state index contributed by atoms with van der Waals surface area (Å²) in [6.45, 7) is 7.90. The van der Waals surface area contributed by atoms with E-state index >= 15 is 0 Å². The lowest BCUT2D eigenvalue weighted by Crippen LogP contribution is -2.05. The van der Waals surface area contributed by atoms with Crippen molar-refractivity contribution < 1.29 is 4.74 Å². The molecule has 1 aliphatic rings. The number of thiophene rings is 1. The first-order valence-corrected chi connectivity index (χ1v) is 5.34. The van der Waals surface area contributed by atoms with Crippen LogP contribution in [0.4, 0.5) is 0 Å². The monoisotopic (exact) mass is 184 g/mol. The maximum atomic E-state index is 5.32. The van der Waals surface area contributed by atoms with E-state index < -0.39 is 0 Å². The van der Waals surface area contributed by atoms with Crippen molar-refractivity contribution in [1.29, 1.82) is 0 Å². The number of hydrogen-bond donors (Lipinski definition) is 0. The number of ether oxygens (including phenoxy) is 1. The van der Waals surface area contributed by atoms with Crippen LogP contribution in [-0.4, -0.2) is 6.61 Å². The normalized spacial score (nSPS) is 14.6. The van der Waals surface area contributed by atoms with Gasteiger partial charge in [0.15, 0.2) is 0 Å². The fourth-order valence-electron chi connectivity index (χ4n) is 1.30. The summed E-state index contributed by atoms with van der Waals surface area (Å²) in [5.74, 6) is 0. The molecular weight excluding hydrogens is 168 g/mol. The van der Waals surface area contributed by atoms with E-state index in [0.717, 1.165) is 19.6 Å². The minimum atomic E-state index is 0.833. The van der Waals surface area contributed by atoms with Crippen molar-refractivity contribution in [2.45, 2.75) is 33.8 Å². The molecule has 0 N–H and O–H groups in total. The van der Waals surface area contributed by atoms with Crippen LogP contribution in [0, 0.1) is 6.92 Å². The quantitative estimate of drug-likeness (QED) is 0.602. The molecule has 1 aromatic heterocycles. The Bertz CT molecular complexity index is 216. The molecule has 0 atom stereocenters. The molecule has 1 aliphatic heterocycles. The van der Waals surface area contributed by atoms with E-state index in [1.54, 1.807) is 0 Å². The second kappa shape index (κ2) is 4.63. The average molecular weight is 184 g/mol. The van der Waals surface area contributed by atoms with Gasteiger partial charge in [0.2, 0.25) is 0 Å². The van der Waals surface area contributed by atoms with Gasteiger partial charge in [0, 0.05) is 16.2 Å². The van der Waals surface area contributed by atoms with Gasteiger partial charge in [-0.1, -0.05) is 13.8 Å². The maximum Gasteiger partial charge on any atom is 0.0727 e. The highest BCUT2D eigenvalue weighted by Crippen LogP contribution is 2.25. The van der Waals surface area contributed by atoms with Crippen LogP contribution in [0.3, 0.4) is 0 Å². The van der Waals surface area contributed by atoms with Gasteiger partial charge >= 0.3 is 0 Å². The smallest absolute Gasteiger partial charge is 0.0727 e. The summed E-state index contributed by atoms with van der Waals surface area (Å²) in [5, 5.41) is 0. The van der Waals surface area contributed by atoms with Gasteiger partial charge in [-0.25, -0.2) is 0 Å². The first-order valence-electron chi connectivity index (χ1n) is 4.52. The summed E-state index contributed by atoms with van der Waals surface area (Å²) in [4.78, 5) is 2.94. The van der Waals surface area contributed by atoms with E-state index in [4.69, 9.17) is 4.74 Å². The molecule has 1 nitrogen and oxygen atoms in total. The Morgan fingerprint density at radius 3 is 2.83 bits per heavy atom. The van der Waals surface area contributed by atoms with Crippen molar-refractivity contribution in [2.75, 3.05) is 6.61 Å².